The van der Waals surface area contributed by atoms with Gasteiger partial charge in [0.05, 0.1) is 5.60 Å². The molecule has 2 fully saturated rings. The van der Waals surface area contributed by atoms with Gasteiger partial charge in [-0.2, -0.15) is 0 Å². The third kappa shape index (κ3) is 2.23. The van der Waals surface area contributed by atoms with Crippen molar-refractivity contribution in [1.29, 1.82) is 0 Å². The molecule has 2 aliphatic rings. The summed E-state index contributed by atoms with van der Waals surface area (Å²) in [6, 6.07) is -0.329. The van der Waals surface area contributed by atoms with Crippen LogP contribution < -0.4 is 0 Å². The van der Waals surface area contributed by atoms with E-state index in [0.29, 0.717) is 6.42 Å². The third-order valence-corrected chi connectivity index (χ3v) is 3.89. The van der Waals surface area contributed by atoms with Gasteiger partial charge in [-0.15, -0.1) is 0 Å². The number of carboxylic acids is 1. The van der Waals surface area contributed by atoms with Crippen molar-refractivity contribution in [3.63, 3.8) is 0 Å². The van der Waals surface area contributed by atoms with Crippen LogP contribution in [0.5, 0.6) is 0 Å². The summed E-state index contributed by atoms with van der Waals surface area (Å²) in [5, 5.41) is 9.14. The Morgan fingerprint density at radius 1 is 1.50 bits per heavy atom. The number of likely N-dealkylation sites (tertiary alicyclic amines) is 1. The van der Waals surface area contributed by atoms with Crippen molar-refractivity contribution in [2.75, 3.05) is 19.7 Å². The Labute approximate surface area is 96.6 Å². The Morgan fingerprint density at radius 2 is 2.31 bits per heavy atom. The fraction of sp³-hybridized carbons (Fsp3) is 0.917. The summed E-state index contributed by atoms with van der Waals surface area (Å²) in [4.78, 5) is 13.2. The van der Waals surface area contributed by atoms with Crippen LogP contribution in [-0.2, 0) is 9.53 Å². The first-order chi connectivity index (χ1) is 7.67. The second-order valence-corrected chi connectivity index (χ2v) is 4.97. The lowest BCUT2D eigenvalue weighted by molar-refractivity contribution is -0.143. The minimum absolute atomic E-state index is 0.0267. The van der Waals surface area contributed by atoms with E-state index in [1.807, 2.05) is 6.92 Å². The van der Waals surface area contributed by atoms with Crippen LogP contribution in [0.3, 0.4) is 0 Å². The molecule has 1 spiro atoms. The first-order valence-electron chi connectivity index (χ1n) is 6.28. The van der Waals surface area contributed by atoms with E-state index < -0.39 is 5.97 Å². The van der Waals surface area contributed by atoms with E-state index in [1.165, 1.54) is 6.42 Å². The number of aliphatic carboxylic acids is 1. The number of ether oxygens (including phenoxy) is 1. The lowest BCUT2D eigenvalue weighted by atomic mass is 9.93. The second kappa shape index (κ2) is 4.72. The highest BCUT2D eigenvalue weighted by Crippen LogP contribution is 2.35. The Bertz CT molecular complexity index is 261. The molecule has 0 aliphatic carbocycles. The van der Waals surface area contributed by atoms with Crippen LogP contribution in [0.2, 0.25) is 0 Å². The van der Waals surface area contributed by atoms with Crippen molar-refractivity contribution in [3.05, 3.63) is 0 Å². The zero-order valence-corrected chi connectivity index (χ0v) is 9.95. The molecule has 92 valence electrons. The fourth-order valence-corrected chi connectivity index (χ4v) is 2.96. The maximum absolute atomic E-state index is 11.1. The number of nitrogens with zero attached hydrogens (tertiary/aromatic N) is 1. The van der Waals surface area contributed by atoms with Crippen LogP contribution in [0.15, 0.2) is 0 Å². The van der Waals surface area contributed by atoms with Crippen molar-refractivity contribution in [2.24, 2.45) is 0 Å². The van der Waals surface area contributed by atoms with Crippen LogP contribution >= 0.6 is 0 Å². The molecule has 0 amide bonds. The van der Waals surface area contributed by atoms with Crippen LogP contribution in [-0.4, -0.2) is 47.3 Å². The molecule has 2 rings (SSSR count). The van der Waals surface area contributed by atoms with Crippen molar-refractivity contribution >= 4 is 5.97 Å². The summed E-state index contributed by atoms with van der Waals surface area (Å²) in [6.07, 6.45) is 5.14. The smallest absolute Gasteiger partial charge is 0.320 e. The predicted octanol–water partition coefficient (Wildman–Crippen LogP) is 1.49. The summed E-state index contributed by atoms with van der Waals surface area (Å²) in [5.74, 6) is -0.699. The fourth-order valence-electron chi connectivity index (χ4n) is 2.96. The monoisotopic (exact) mass is 227 g/mol. The maximum Gasteiger partial charge on any atom is 0.320 e. The van der Waals surface area contributed by atoms with Gasteiger partial charge in [0.25, 0.3) is 0 Å². The number of carboxylic acid groups (broad SMARTS) is 1. The number of hydrogen-bond donors (Lipinski definition) is 1. The van der Waals surface area contributed by atoms with Crippen LogP contribution in [0, 0.1) is 0 Å². The highest BCUT2D eigenvalue weighted by molar-refractivity contribution is 5.73. The van der Waals surface area contributed by atoms with Crippen molar-refractivity contribution in [2.45, 2.75) is 50.7 Å². The second-order valence-electron chi connectivity index (χ2n) is 4.97. The highest BCUT2D eigenvalue weighted by atomic mass is 16.5. The number of carbonyl (C=O) groups is 1. The van der Waals surface area contributed by atoms with Crippen molar-refractivity contribution in [1.82, 2.24) is 4.90 Å². The van der Waals surface area contributed by atoms with E-state index in [-0.39, 0.29) is 11.6 Å². The van der Waals surface area contributed by atoms with Gasteiger partial charge in [0.2, 0.25) is 0 Å². The first-order valence-corrected chi connectivity index (χ1v) is 6.28. The molecule has 4 heteroatoms. The molecule has 1 N–H and O–H groups in total. The summed E-state index contributed by atoms with van der Waals surface area (Å²) in [5.41, 5.74) is -0.0267. The SMILES string of the molecule is CC[C@@H](C(=O)O)N1CC[C@]2(CCCCO2)C1. The first kappa shape index (κ1) is 11.9. The molecule has 2 heterocycles. The average molecular weight is 227 g/mol. The topological polar surface area (TPSA) is 49.8 Å². The zero-order chi connectivity index (χ0) is 11.6. The lowest BCUT2D eigenvalue weighted by Gasteiger charge is -2.34. The highest BCUT2D eigenvalue weighted by Gasteiger charge is 2.43. The van der Waals surface area contributed by atoms with Gasteiger partial charge >= 0.3 is 5.97 Å². The van der Waals surface area contributed by atoms with Gasteiger partial charge in [-0.05, 0) is 32.1 Å². The quantitative estimate of drug-likeness (QED) is 0.793. The Kier molecular flexibility index (Phi) is 3.50. The van der Waals surface area contributed by atoms with E-state index in [0.717, 1.165) is 39.0 Å². The third-order valence-electron chi connectivity index (χ3n) is 3.89. The standard InChI is InChI=1S/C12H21NO3/c1-2-10(11(14)15)13-7-6-12(9-13)5-3-4-8-16-12/h10H,2-9H2,1H3,(H,14,15)/t10-,12+/m0/s1. The normalized spacial score (nSPS) is 33.1. The van der Waals surface area contributed by atoms with E-state index in [2.05, 4.69) is 4.90 Å². The average Bonchev–Trinajstić information content (AvgIpc) is 2.64. The molecule has 2 aliphatic heterocycles. The Morgan fingerprint density at radius 3 is 2.88 bits per heavy atom. The molecule has 16 heavy (non-hydrogen) atoms. The maximum atomic E-state index is 11.1. The molecular weight excluding hydrogens is 206 g/mol. The van der Waals surface area contributed by atoms with Gasteiger partial charge in [-0.25, -0.2) is 0 Å². The Hall–Kier alpha value is -0.610. The number of hydrogen-bond acceptors (Lipinski definition) is 3. The van der Waals surface area contributed by atoms with E-state index in [9.17, 15) is 4.79 Å². The lowest BCUT2D eigenvalue weighted by Crippen LogP contribution is -2.44. The van der Waals surface area contributed by atoms with Crippen LogP contribution in [0.25, 0.3) is 0 Å². The summed E-state index contributed by atoms with van der Waals surface area (Å²) in [6.45, 7) is 4.45. The van der Waals surface area contributed by atoms with E-state index in [4.69, 9.17) is 9.84 Å². The molecule has 0 radical (unpaired) electrons. The van der Waals surface area contributed by atoms with E-state index in [1.54, 1.807) is 0 Å². The van der Waals surface area contributed by atoms with Gasteiger partial charge in [-0.3, -0.25) is 9.69 Å². The molecule has 2 atom stereocenters. The molecule has 4 nitrogen and oxygen atoms in total. The number of rotatable bonds is 3. The minimum atomic E-state index is -0.699. The van der Waals surface area contributed by atoms with Gasteiger partial charge in [0.15, 0.2) is 0 Å². The summed E-state index contributed by atoms with van der Waals surface area (Å²) >= 11 is 0. The molecule has 2 saturated heterocycles. The molecule has 0 saturated carbocycles. The van der Waals surface area contributed by atoms with Crippen molar-refractivity contribution < 1.29 is 14.6 Å². The molecule has 0 aromatic heterocycles. The molecule has 0 aromatic rings. The van der Waals surface area contributed by atoms with Crippen molar-refractivity contribution in [3.8, 4) is 0 Å². The Balaban J connectivity index is 1.98. The largest absolute Gasteiger partial charge is 0.480 e. The molecular formula is C12H21NO3. The van der Waals surface area contributed by atoms with Gasteiger partial charge in [0.1, 0.15) is 6.04 Å². The summed E-state index contributed by atoms with van der Waals surface area (Å²) < 4.78 is 5.90. The zero-order valence-electron chi connectivity index (χ0n) is 9.95. The van der Waals surface area contributed by atoms with Gasteiger partial charge < -0.3 is 9.84 Å². The van der Waals surface area contributed by atoms with Crippen LogP contribution in [0.1, 0.15) is 39.0 Å². The molecule has 0 bridgehead atoms. The van der Waals surface area contributed by atoms with Crippen LogP contribution in [0.4, 0.5) is 0 Å². The molecule has 0 unspecified atom stereocenters. The molecule has 0 aromatic carbocycles. The minimum Gasteiger partial charge on any atom is -0.480 e. The summed E-state index contributed by atoms with van der Waals surface area (Å²) in [7, 11) is 0. The van der Waals surface area contributed by atoms with Gasteiger partial charge in [0, 0.05) is 19.7 Å². The van der Waals surface area contributed by atoms with Gasteiger partial charge in [-0.1, -0.05) is 6.92 Å². The van der Waals surface area contributed by atoms with E-state index >= 15 is 0 Å². The predicted molar refractivity (Wildman–Crippen MR) is 60.4 cm³/mol.